The molecule has 3 rings (SSSR count). The normalized spacial score (nSPS) is 19.5. The number of Topliss-reactive ketones (excluding diaryl/α,β-unsaturated/α-hetero) is 1. The van der Waals surface area contributed by atoms with Gasteiger partial charge in [0, 0.05) is 29.0 Å². The van der Waals surface area contributed by atoms with Crippen molar-refractivity contribution in [1.82, 2.24) is 9.55 Å². The van der Waals surface area contributed by atoms with Gasteiger partial charge in [-0.1, -0.05) is 40.5 Å². The minimum atomic E-state index is 0.0594. The summed E-state index contributed by atoms with van der Waals surface area (Å²) in [6, 6.07) is 8.12. The second-order valence-electron chi connectivity index (χ2n) is 5.23. The lowest BCUT2D eigenvalue weighted by Crippen LogP contribution is -2.15. The third-order valence-corrected chi connectivity index (χ3v) is 5.53. The Morgan fingerprint density at radius 3 is 2.81 bits per heavy atom. The van der Waals surface area contributed by atoms with Crippen molar-refractivity contribution in [2.24, 2.45) is 0 Å². The Morgan fingerprint density at radius 1 is 1.19 bits per heavy atom. The smallest absolute Gasteiger partial charge is 0.173 e. The molecule has 21 heavy (non-hydrogen) atoms. The molecule has 1 atom stereocenters. The number of rotatable bonds is 3. The molecule has 1 saturated carbocycles. The SMILES string of the molecule is O=C1CCCCC[C@H]1Sc1nccn1-c1ccc(Br)cc1. The highest BCUT2D eigenvalue weighted by Crippen LogP contribution is 2.31. The van der Waals surface area contributed by atoms with Crippen LogP contribution >= 0.6 is 27.7 Å². The third kappa shape index (κ3) is 3.58. The second-order valence-corrected chi connectivity index (χ2v) is 7.31. The van der Waals surface area contributed by atoms with Gasteiger partial charge in [-0.05, 0) is 37.1 Å². The van der Waals surface area contributed by atoms with E-state index >= 15 is 0 Å². The second kappa shape index (κ2) is 6.79. The van der Waals surface area contributed by atoms with Gasteiger partial charge in [0.05, 0.1) is 5.25 Å². The largest absolute Gasteiger partial charge is 0.298 e. The van der Waals surface area contributed by atoms with E-state index in [1.807, 2.05) is 30.5 Å². The Bertz CT molecular complexity index is 623. The molecule has 3 nitrogen and oxygen atoms in total. The van der Waals surface area contributed by atoms with E-state index in [1.165, 1.54) is 6.42 Å². The zero-order chi connectivity index (χ0) is 14.7. The molecule has 1 aromatic heterocycles. The van der Waals surface area contributed by atoms with Crippen LogP contribution in [0, 0.1) is 0 Å². The lowest BCUT2D eigenvalue weighted by Gasteiger charge is -2.13. The van der Waals surface area contributed by atoms with Crippen molar-refractivity contribution in [2.75, 3.05) is 0 Å². The first-order valence-electron chi connectivity index (χ1n) is 7.23. The number of ketones is 1. The number of hydrogen-bond donors (Lipinski definition) is 0. The number of aromatic nitrogens is 2. The highest BCUT2D eigenvalue weighted by atomic mass is 79.9. The van der Waals surface area contributed by atoms with Crippen LogP contribution in [0.1, 0.15) is 32.1 Å². The zero-order valence-corrected chi connectivity index (χ0v) is 14.1. The number of benzene rings is 1. The fraction of sp³-hybridized carbons (Fsp3) is 0.375. The summed E-state index contributed by atoms with van der Waals surface area (Å²) in [4.78, 5) is 16.6. The van der Waals surface area contributed by atoms with Gasteiger partial charge in [-0.3, -0.25) is 9.36 Å². The summed E-state index contributed by atoms with van der Waals surface area (Å²) < 4.78 is 3.11. The quantitative estimate of drug-likeness (QED) is 0.744. The van der Waals surface area contributed by atoms with E-state index in [1.54, 1.807) is 18.0 Å². The van der Waals surface area contributed by atoms with Crippen LogP contribution in [0.15, 0.2) is 46.3 Å². The van der Waals surface area contributed by atoms with Crippen molar-refractivity contribution in [3.8, 4) is 5.69 Å². The number of imidazole rings is 1. The molecule has 1 aliphatic carbocycles. The summed E-state index contributed by atoms with van der Waals surface area (Å²) in [7, 11) is 0. The summed E-state index contributed by atoms with van der Waals surface area (Å²) in [5, 5.41) is 0.960. The molecule has 110 valence electrons. The van der Waals surface area contributed by atoms with Crippen molar-refractivity contribution in [2.45, 2.75) is 42.5 Å². The highest BCUT2D eigenvalue weighted by Gasteiger charge is 2.23. The van der Waals surface area contributed by atoms with E-state index in [9.17, 15) is 4.79 Å². The van der Waals surface area contributed by atoms with Gasteiger partial charge < -0.3 is 0 Å². The van der Waals surface area contributed by atoms with E-state index in [0.29, 0.717) is 5.78 Å². The van der Waals surface area contributed by atoms with Gasteiger partial charge in [-0.25, -0.2) is 4.98 Å². The van der Waals surface area contributed by atoms with Gasteiger partial charge in [-0.2, -0.15) is 0 Å². The molecule has 1 aromatic carbocycles. The molecule has 0 N–H and O–H groups in total. The molecular weight excluding hydrogens is 348 g/mol. The minimum Gasteiger partial charge on any atom is -0.298 e. The molecule has 0 bridgehead atoms. The molecule has 0 unspecified atom stereocenters. The highest BCUT2D eigenvalue weighted by molar-refractivity contribution is 9.10. The lowest BCUT2D eigenvalue weighted by atomic mass is 10.2. The van der Waals surface area contributed by atoms with Crippen molar-refractivity contribution in [3.63, 3.8) is 0 Å². The first-order valence-corrected chi connectivity index (χ1v) is 8.90. The number of nitrogens with zero attached hydrogens (tertiary/aromatic N) is 2. The summed E-state index contributed by atoms with van der Waals surface area (Å²) in [5.74, 6) is 0.378. The summed E-state index contributed by atoms with van der Waals surface area (Å²) in [6.07, 6.45) is 8.79. The number of halogens is 1. The topological polar surface area (TPSA) is 34.9 Å². The monoisotopic (exact) mass is 364 g/mol. The molecule has 0 amide bonds. The first-order chi connectivity index (χ1) is 10.2. The van der Waals surface area contributed by atoms with Gasteiger partial charge in [-0.15, -0.1) is 0 Å². The maximum Gasteiger partial charge on any atom is 0.173 e. The maximum atomic E-state index is 12.2. The molecule has 1 aliphatic rings. The van der Waals surface area contributed by atoms with Crippen LogP contribution in [0.2, 0.25) is 0 Å². The zero-order valence-electron chi connectivity index (χ0n) is 11.7. The van der Waals surface area contributed by atoms with Crippen LogP contribution < -0.4 is 0 Å². The predicted octanol–water partition coefficient (Wildman–Crippen LogP) is 4.63. The predicted molar refractivity (Wildman–Crippen MR) is 89.0 cm³/mol. The molecule has 2 aromatic rings. The Labute approximate surface area is 137 Å². The van der Waals surface area contributed by atoms with Crippen molar-refractivity contribution < 1.29 is 4.79 Å². The van der Waals surface area contributed by atoms with Crippen LogP contribution in [0.3, 0.4) is 0 Å². The standard InChI is InChI=1S/C16H17BrN2OS/c17-12-6-8-13(9-7-12)19-11-10-18-16(19)21-15-5-3-1-2-4-14(15)20/h6-11,15H,1-5H2/t15-/m1/s1. The molecule has 0 radical (unpaired) electrons. The van der Waals surface area contributed by atoms with E-state index in [4.69, 9.17) is 0 Å². The average molecular weight is 365 g/mol. The van der Waals surface area contributed by atoms with Crippen LogP contribution in [-0.4, -0.2) is 20.6 Å². The molecule has 0 saturated heterocycles. The van der Waals surface area contributed by atoms with Gasteiger partial charge in [0.25, 0.3) is 0 Å². The molecule has 1 fully saturated rings. The molecule has 5 heteroatoms. The minimum absolute atomic E-state index is 0.0594. The van der Waals surface area contributed by atoms with Crippen LogP contribution in [0.5, 0.6) is 0 Å². The van der Waals surface area contributed by atoms with Crippen LogP contribution in [0.25, 0.3) is 5.69 Å². The Balaban J connectivity index is 1.82. The summed E-state index contributed by atoms with van der Waals surface area (Å²) >= 11 is 5.06. The number of hydrogen-bond acceptors (Lipinski definition) is 3. The van der Waals surface area contributed by atoms with Crippen molar-refractivity contribution in [3.05, 3.63) is 41.1 Å². The van der Waals surface area contributed by atoms with Crippen LogP contribution in [-0.2, 0) is 4.79 Å². The van der Waals surface area contributed by atoms with E-state index in [0.717, 1.165) is 41.0 Å². The Kier molecular flexibility index (Phi) is 4.80. The van der Waals surface area contributed by atoms with Gasteiger partial charge in [0.1, 0.15) is 5.78 Å². The first kappa shape index (κ1) is 14.9. The molecular formula is C16H17BrN2OS. The number of carbonyl (C=O) groups excluding carboxylic acids is 1. The van der Waals surface area contributed by atoms with Gasteiger partial charge >= 0.3 is 0 Å². The number of carbonyl (C=O) groups is 1. The summed E-state index contributed by atoms with van der Waals surface area (Å²) in [5.41, 5.74) is 1.07. The van der Waals surface area contributed by atoms with Gasteiger partial charge in [0.2, 0.25) is 0 Å². The molecule has 0 aliphatic heterocycles. The lowest BCUT2D eigenvalue weighted by molar-refractivity contribution is -0.118. The fourth-order valence-corrected chi connectivity index (χ4v) is 4.01. The fourth-order valence-electron chi connectivity index (χ4n) is 2.55. The maximum absolute atomic E-state index is 12.2. The molecule has 1 heterocycles. The Morgan fingerprint density at radius 2 is 2.00 bits per heavy atom. The van der Waals surface area contributed by atoms with Gasteiger partial charge in [0.15, 0.2) is 5.16 Å². The van der Waals surface area contributed by atoms with E-state index < -0.39 is 0 Å². The average Bonchev–Trinajstić information content (AvgIpc) is 2.85. The van der Waals surface area contributed by atoms with Crippen molar-refractivity contribution in [1.29, 1.82) is 0 Å². The van der Waals surface area contributed by atoms with Crippen molar-refractivity contribution >= 4 is 33.5 Å². The number of thioether (sulfide) groups is 1. The van der Waals surface area contributed by atoms with E-state index in [2.05, 4.69) is 25.5 Å². The van der Waals surface area contributed by atoms with Crippen LogP contribution in [0.4, 0.5) is 0 Å². The van der Waals surface area contributed by atoms with E-state index in [-0.39, 0.29) is 5.25 Å². The molecule has 0 spiro atoms. The summed E-state index contributed by atoms with van der Waals surface area (Å²) in [6.45, 7) is 0. The Hall–Kier alpha value is -1.07. The third-order valence-electron chi connectivity index (χ3n) is 3.71.